The van der Waals surface area contributed by atoms with Gasteiger partial charge in [0.05, 0.1) is 4.90 Å². The second-order valence-corrected chi connectivity index (χ2v) is 7.67. The van der Waals surface area contributed by atoms with Crippen molar-refractivity contribution in [2.45, 2.75) is 38.2 Å². The van der Waals surface area contributed by atoms with E-state index < -0.39 is 16.2 Å². The van der Waals surface area contributed by atoms with E-state index in [4.69, 9.17) is 4.18 Å². The molecule has 2 rings (SSSR count). The minimum atomic E-state index is -4.00. The monoisotopic (exact) mass is 346 g/mol. The quantitative estimate of drug-likeness (QED) is 0.720. The van der Waals surface area contributed by atoms with Crippen molar-refractivity contribution in [2.24, 2.45) is 5.92 Å². The van der Waals surface area contributed by atoms with Crippen LogP contribution in [0.25, 0.3) is 0 Å². The number of hydrogen-bond acceptors (Lipinski definition) is 4. The summed E-state index contributed by atoms with van der Waals surface area (Å²) in [7, 11) is -4.00. The summed E-state index contributed by atoms with van der Waals surface area (Å²) < 4.78 is 30.3. The number of ketones is 1. The van der Waals surface area contributed by atoms with Gasteiger partial charge in [-0.25, -0.2) is 0 Å². The molecule has 0 aliphatic carbocycles. The molecule has 0 amide bonds. The molecule has 0 aliphatic rings. The Labute approximate surface area is 143 Å². The summed E-state index contributed by atoms with van der Waals surface area (Å²) >= 11 is 0. The zero-order valence-electron chi connectivity index (χ0n) is 14.1. The van der Waals surface area contributed by atoms with Gasteiger partial charge in [0.15, 0.2) is 5.78 Å². The molecule has 0 aromatic heterocycles. The van der Waals surface area contributed by atoms with Crippen LogP contribution in [0.15, 0.2) is 59.5 Å². The van der Waals surface area contributed by atoms with E-state index >= 15 is 0 Å². The lowest BCUT2D eigenvalue weighted by atomic mass is 9.98. The maximum Gasteiger partial charge on any atom is 0.297 e. The van der Waals surface area contributed by atoms with Crippen molar-refractivity contribution in [3.05, 3.63) is 65.7 Å². The third-order valence-electron chi connectivity index (χ3n) is 3.70. The Morgan fingerprint density at radius 3 is 2.12 bits per heavy atom. The van der Waals surface area contributed by atoms with Crippen molar-refractivity contribution in [1.82, 2.24) is 0 Å². The van der Waals surface area contributed by atoms with Gasteiger partial charge in [0.2, 0.25) is 0 Å². The highest BCUT2D eigenvalue weighted by molar-refractivity contribution is 7.86. The molecular formula is C19H22O4S. The first-order valence-corrected chi connectivity index (χ1v) is 9.28. The van der Waals surface area contributed by atoms with Crippen molar-refractivity contribution in [1.29, 1.82) is 0 Å². The van der Waals surface area contributed by atoms with E-state index in [1.54, 1.807) is 26.0 Å². The van der Waals surface area contributed by atoms with Crippen molar-refractivity contribution in [3.8, 4) is 0 Å². The van der Waals surface area contributed by atoms with Gasteiger partial charge in [-0.1, -0.05) is 61.9 Å². The maximum atomic E-state index is 12.5. The van der Waals surface area contributed by atoms with E-state index in [9.17, 15) is 13.2 Å². The number of carbonyl (C=O) groups is 1. The molecule has 0 saturated heterocycles. The van der Waals surface area contributed by atoms with Crippen molar-refractivity contribution < 1.29 is 17.4 Å². The van der Waals surface area contributed by atoms with E-state index in [2.05, 4.69) is 0 Å². The van der Waals surface area contributed by atoms with Gasteiger partial charge in [-0.2, -0.15) is 8.42 Å². The molecule has 1 unspecified atom stereocenters. The average molecular weight is 346 g/mol. The lowest BCUT2D eigenvalue weighted by Gasteiger charge is -2.18. The summed E-state index contributed by atoms with van der Waals surface area (Å²) in [5.74, 6) is -0.540. The molecule has 1 atom stereocenters. The van der Waals surface area contributed by atoms with Gasteiger partial charge in [0.1, 0.15) is 6.10 Å². The molecule has 0 spiro atoms. The van der Waals surface area contributed by atoms with E-state index in [1.807, 2.05) is 37.3 Å². The van der Waals surface area contributed by atoms with E-state index in [0.717, 1.165) is 11.1 Å². The zero-order chi connectivity index (χ0) is 17.7. The standard InChI is InChI=1S/C19H22O4S/c1-14(2)19(20)18(13-16-7-5-4-6-8-16)23-24(21,22)17-11-9-15(3)10-12-17/h4-12,14,18H,13H2,1-3H3. The Balaban J connectivity index is 2.27. The van der Waals surface area contributed by atoms with Crippen molar-refractivity contribution >= 4 is 15.9 Å². The first-order chi connectivity index (χ1) is 11.3. The number of carbonyl (C=O) groups excluding carboxylic acids is 1. The Morgan fingerprint density at radius 1 is 1.00 bits per heavy atom. The summed E-state index contributed by atoms with van der Waals surface area (Å²) in [6.45, 7) is 5.35. The largest absolute Gasteiger partial charge is 0.297 e. The summed E-state index contributed by atoms with van der Waals surface area (Å²) in [5.41, 5.74) is 1.81. The van der Waals surface area contributed by atoms with Gasteiger partial charge < -0.3 is 0 Å². The zero-order valence-corrected chi connectivity index (χ0v) is 14.9. The predicted octanol–water partition coefficient (Wildman–Crippen LogP) is 3.54. The molecule has 0 bridgehead atoms. The second kappa shape index (κ2) is 7.73. The molecule has 2 aromatic rings. The van der Waals surface area contributed by atoms with Gasteiger partial charge in [-0.05, 0) is 24.6 Å². The molecule has 0 saturated carbocycles. The van der Waals surface area contributed by atoms with Crippen LogP contribution in [0.5, 0.6) is 0 Å². The molecule has 0 radical (unpaired) electrons. The molecule has 2 aromatic carbocycles. The molecule has 128 valence electrons. The Kier molecular flexibility index (Phi) is 5.91. The molecule has 5 heteroatoms. The molecule has 0 heterocycles. The normalized spacial score (nSPS) is 13.0. The van der Waals surface area contributed by atoms with E-state index in [-0.39, 0.29) is 23.0 Å². The highest BCUT2D eigenvalue weighted by Gasteiger charge is 2.29. The topological polar surface area (TPSA) is 60.4 Å². The van der Waals surface area contributed by atoms with E-state index in [1.165, 1.54) is 12.1 Å². The fraction of sp³-hybridized carbons (Fsp3) is 0.316. The van der Waals surface area contributed by atoms with Gasteiger partial charge in [0.25, 0.3) is 10.1 Å². The van der Waals surface area contributed by atoms with Crippen molar-refractivity contribution in [2.75, 3.05) is 0 Å². The SMILES string of the molecule is Cc1ccc(S(=O)(=O)OC(Cc2ccccc2)C(=O)C(C)C)cc1. The summed E-state index contributed by atoms with van der Waals surface area (Å²) in [4.78, 5) is 12.5. The average Bonchev–Trinajstić information content (AvgIpc) is 2.54. The number of Topliss-reactive ketones (excluding diaryl/α,β-unsaturated/α-hetero) is 1. The van der Waals surface area contributed by atoms with Gasteiger partial charge in [0, 0.05) is 12.3 Å². The third-order valence-corrected chi connectivity index (χ3v) is 5.04. The van der Waals surface area contributed by atoms with Crippen molar-refractivity contribution in [3.63, 3.8) is 0 Å². The minimum Gasteiger partial charge on any atom is -0.296 e. The third kappa shape index (κ3) is 4.76. The number of benzene rings is 2. The van der Waals surface area contributed by atoms with Crippen LogP contribution >= 0.6 is 0 Å². The Hall–Kier alpha value is -1.98. The summed E-state index contributed by atoms with van der Waals surface area (Å²) in [5, 5.41) is 0. The lowest BCUT2D eigenvalue weighted by molar-refractivity contribution is -0.128. The number of rotatable bonds is 7. The maximum absolute atomic E-state index is 12.5. The van der Waals surface area contributed by atoms with Crippen LogP contribution in [0, 0.1) is 12.8 Å². The van der Waals surface area contributed by atoms with Crippen LogP contribution in [0.2, 0.25) is 0 Å². The van der Waals surface area contributed by atoms with Gasteiger partial charge in [-0.3, -0.25) is 8.98 Å². The molecule has 4 nitrogen and oxygen atoms in total. The predicted molar refractivity (Wildman–Crippen MR) is 93.2 cm³/mol. The second-order valence-electron chi connectivity index (χ2n) is 6.10. The van der Waals surface area contributed by atoms with Gasteiger partial charge in [-0.15, -0.1) is 0 Å². The first kappa shape index (κ1) is 18.4. The molecule has 0 aliphatic heterocycles. The minimum absolute atomic E-state index is 0.0581. The Morgan fingerprint density at radius 2 is 1.58 bits per heavy atom. The van der Waals surface area contributed by atoms with Crippen LogP contribution in [-0.4, -0.2) is 20.3 Å². The number of hydrogen-bond donors (Lipinski definition) is 0. The van der Waals surface area contributed by atoms with Crippen LogP contribution in [-0.2, 0) is 25.5 Å². The fourth-order valence-electron chi connectivity index (χ4n) is 2.30. The van der Waals surface area contributed by atoms with Gasteiger partial charge >= 0.3 is 0 Å². The fourth-order valence-corrected chi connectivity index (χ4v) is 3.34. The smallest absolute Gasteiger partial charge is 0.296 e. The number of aryl methyl sites for hydroxylation is 1. The van der Waals surface area contributed by atoms with Crippen LogP contribution in [0.3, 0.4) is 0 Å². The lowest BCUT2D eigenvalue weighted by Crippen LogP contribution is -2.32. The molecule has 24 heavy (non-hydrogen) atoms. The van der Waals surface area contributed by atoms with Crippen LogP contribution in [0.4, 0.5) is 0 Å². The summed E-state index contributed by atoms with van der Waals surface area (Å²) in [6, 6.07) is 15.6. The van der Waals surface area contributed by atoms with Crippen LogP contribution < -0.4 is 0 Å². The summed E-state index contributed by atoms with van der Waals surface area (Å²) in [6.07, 6.45) is -0.804. The first-order valence-electron chi connectivity index (χ1n) is 7.87. The van der Waals surface area contributed by atoms with E-state index in [0.29, 0.717) is 0 Å². The highest BCUT2D eigenvalue weighted by atomic mass is 32.2. The highest BCUT2D eigenvalue weighted by Crippen LogP contribution is 2.19. The molecule has 0 N–H and O–H groups in total. The molecule has 0 fully saturated rings. The Bertz CT molecular complexity index is 778. The molecular weight excluding hydrogens is 324 g/mol. The van der Waals surface area contributed by atoms with Crippen LogP contribution in [0.1, 0.15) is 25.0 Å².